The summed E-state index contributed by atoms with van der Waals surface area (Å²) in [7, 11) is 0. The molecule has 0 radical (unpaired) electrons. The van der Waals surface area contributed by atoms with Crippen LogP contribution in [0.3, 0.4) is 0 Å². The Bertz CT molecular complexity index is 553. The SMILES string of the molecule is O=C(O)c1nn(-c2cccc(Cl)c2)nc1Cl. The molecule has 2 aromatic rings. The quantitative estimate of drug-likeness (QED) is 0.897. The number of aromatic nitrogens is 3. The van der Waals surface area contributed by atoms with Gasteiger partial charge in [-0.25, -0.2) is 4.79 Å². The molecule has 2 rings (SSSR count). The molecule has 16 heavy (non-hydrogen) atoms. The van der Waals surface area contributed by atoms with Gasteiger partial charge in [0.05, 0.1) is 5.69 Å². The van der Waals surface area contributed by atoms with Crippen LogP contribution in [0.1, 0.15) is 10.5 Å². The van der Waals surface area contributed by atoms with Gasteiger partial charge in [-0.1, -0.05) is 29.3 Å². The number of halogens is 2. The van der Waals surface area contributed by atoms with Crippen molar-refractivity contribution in [1.29, 1.82) is 0 Å². The molecule has 0 fully saturated rings. The highest BCUT2D eigenvalue weighted by atomic mass is 35.5. The summed E-state index contributed by atoms with van der Waals surface area (Å²) in [5.41, 5.74) is 0.253. The molecule has 1 aromatic carbocycles. The van der Waals surface area contributed by atoms with Gasteiger partial charge < -0.3 is 5.11 Å². The van der Waals surface area contributed by atoms with Crippen molar-refractivity contribution in [3.63, 3.8) is 0 Å². The molecule has 0 atom stereocenters. The van der Waals surface area contributed by atoms with Crippen LogP contribution in [-0.2, 0) is 0 Å². The van der Waals surface area contributed by atoms with Gasteiger partial charge in [0.25, 0.3) is 0 Å². The topological polar surface area (TPSA) is 68.0 Å². The molecule has 0 saturated carbocycles. The first-order valence-corrected chi connectivity index (χ1v) is 4.95. The molecule has 0 bridgehead atoms. The zero-order valence-corrected chi connectivity index (χ0v) is 9.27. The van der Waals surface area contributed by atoms with Gasteiger partial charge in [-0.15, -0.1) is 15.0 Å². The van der Waals surface area contributed by atoms with Crippen molar-refractivity contribution < 1.29 is 9.90 Å². The Morgan fingerprint density at radius 3 is 2.62 bits per heavy atom. The highest BCUT2D eigenvalue weighted by Gasteiger charge is 2.16. The molecule has 1 heterocycles. The van der Waals surface area contributed by atoms with Gasteiger partial charge in [-0.3, -0.25) is 0 Å². The van der Waals surface area contributed by atoms with Crippen molar-refractivity contribution in [3.05, 3.63) is 40.1 Å². The van der Waals surface area contributed by atoms with Crippen molar-refractivity contribution in [3.8, 4) is 5.69 Å². The Balaban J connectivity index is 2.49. The second kappa shape index (κ2) is 4.11. The zero-order chi connectivity index (χ0) is 11.7. The first-order valence-electron chi connectivity index (χ1n) is 4.20. The highest BCUT2D eigenvalue weighted by Crippen LogP contribution is 2.16. The number of carboxylic acid groups (broad SMARTS) is 1. The second-order valence-corrected chi connectivity index (χ2v) is 3.71. The van der Waals surface area contributed by atoms with E-state index in [1.54, 1.807) is 24.3 Å². The lowest BCUT2D eigenvalue weighted by atomic mass is 10.3. The number of nitrogens with zero attached hydrogens (tertiary/aromatic N) is 3. The van der Waals surface area contributed by atoms with E-state index in [4.69, 9.17) is 28.3 Å². The third-order valence-electron chi connectivity index (χ3n) is 1.81. The van der Waals surface area contributed by atoms with E-state index in [2.05, 4.69) is 10.2 Å². The van der Waals surface area contributed by atoms with E-state index in [0.717, 1.165) is 4.80 Å². The number of rotatable bonds is 2. The molecule has 0 unspecified atom stereocenters. The van der Waals surface area contributed by atoms with Gasteiger partial charge in [0.2, 0.25) is 5.69 Å². The molecule has 7 heteroatoms. The van der Waals surface area contributed by atoms with Gasteiger partial charge in [-0.05, 0) is 18.2 Å². The third kappa shape index (κ3) is 2.00. The Morgan fingerprint density at radius 2 is 2.06 bits per heavy atom. The number of carboxylic acids is 1. The van der Waals surface area contributed by atoms with Crippen LogP contribution >= 0.6 is 23.2 Å². The van der Waals surface area contributed by atoms with Gasteiger partial charge >= 0.3 is 5.97 Å². The standard InChI is InChI=1S/C9H5Cl2N3O2/c10-5-2-1-3-6(4-5)14-12-7(9(15)16)8(11)13-14/h1-4H,(H,15,16). The lowest BCUT2D eigenvalue weighted by Gasteiger charge is -1.98. The average molecular weight is 258 g/mol. The number of benzene rings is 1. The van der Waals surface area contributed by atoms with Crippen LogP contribution in [0.25, 0.3) is 5.69 Å². The van der Waals surface area contributed by atoms with E-state index < -0.39 is 5.97 Å². The predicted octanol–water partition coefficient (Wildman–Crippen LogP) is 2.27. The first kappa shape index (κ1) is 10.9. The van der Waals surface area contributed by atoms with Gasteiger partial charge in [0, 0.05) is 5.02 Å². The zero-order valence-electron chi connectivity index (χ0n) is 7.76. The summed E-state index contributed by atoms with van der Waals surface area (Å²) in [6.45, 7) is 0. The Hall–Kier alpha value is -1.59. The van der Waals surface area contributed by atoms with E-state index in [1.165, 1.54) is 0 Å². The molecule has 82 valence electrons. The number of aromatic carboxylic acids is 1. The van der Waals surface area contributed by atoms with Crippen LogP contribution in [-0.4, -0.2) is 26.1 Å². The molecular weight excluding hydrogens is 253 g/mol. The van der Waals surface area contributed by atoms with E-state index in [0.29, 0.717) is 10.7 Å². The minimum Gasteiger partial charge on any atom is -0.476 e. The molecule has 1 N–H and O–H groups in total. The number of carbonyl (C=O) groups is 1. The molecule has 0 amide bonds. The predicted molar refractivity (Wildman–Crippen MR) is 58.3 cm³/mol. The maximum absolute atomic E-state index is 10.7. The van der Waals surface area contributed by atoms with Crippen molar-refractivity contribution >= 4 is 29.2 Å². The average Bonchev–Trinajstić information content (AvgIpc) is 2.60. The van der Waals surface area contributed by atoms with Crippen LogP contribution < -0.4 is 0 Å². The van der Waals surface area contributed by atoms with Crippen LogP contribution in [0.4, 0.5) is 0 Å². The minimum absolute atomic E-state index is 0.160. The van der Waals surface area contributed by atoms with Gasteiger partial charge in [-0.2, -0.15) is 0 Å². The summed E-state index contributed by atoms with van der Waals surface area (Å²) < 4.78 is 0. The molecule has 0 aliphatic carbocycles. The number of hydrogen-bond donors (Lipinski definition) is 1. The molecule has 0 aliphatic heterocycles. The summed E-state index contributed by atoms with van der Waals surface area (Å²) in [5.74, 6) is -1.22. The Labute approximate surface area is 100 Å². The van der Waals surface area contributed by atoms with Crippen molar-refractivity contribution in [2.75, 3.05) is 0 Å². The van der Waals surface area contributed by atoms with Crippen molar-refractivity contribution in [2.45, 2.75) is 0 Å². The fraction of sp³-hybridized carbons (Fsp3) is 0. The molecule has 0 aliphatic rings. The summed E-state index contributed by atoms with van der Waals surface area (Å²) in [6.07, 6.45) is 0. The monoisotopic (exact) mass is 257 g/mol. The van der Waals surface area contributed by atoms with Crippen LogP contribution in [0, 0.1) is 0 Å². The van der Waals surface area contributed by atoms with Crippen LogP contribution in [0.5, 0.6) is 0 Å². The van der Waals surface area contributed by atoms with E-state index in [9.17, 15) is 4.79 Å². The Kier molecular flexibility index (Phi) is 2.80. The van der Waals surface area contributed by atoms with E-state index >= 15 is 0 Å². The Morgan fingerprint density at radius 1 is 1.31 bits per heavy atom. The second-order valence-electron chi connectivity index (χ2n) is 2.91. The lowest BCUT2D eigenvalue weighted by molar-refractivity contribution is 0.0690. The summed E-state index contributed by atoms with van der Waals surface area (Å²) in [4.78, 5) is 11.8. The maximum Gasteiger partial charge on any atom is 0.359 e. The van der Waals surface area contributed by atoms with Crippen LogP contribution in [0.15, 0.2) is 24.3 Å². The summed E-state index contributed by atoms with van der Waals surface area (Å²) >= 11 is 11.4. The largest absolute Gasteiger partial charge is 0.476 e. The van der Waals surface area contributed by atoms with E-state index in [-0.39, 0.29) is 10.8 Å². The first-order chi connectivity index (χ1) is 7.58. The summed E-state index contributed by atoms with van der Waals surface area (Å²) in [6, 6.07) is 6.68. The van der Waals surface area contributed by atoms with Gasteiger partial charge in [0.1, 0.15) is 0 Å². The molecule has 1 aromatic heterocycles. The number of hydrogen-bond acceptors (Lipinski definition) is 3. The smallest absolute Gasteiger partial charge is 0.359 e. The van der Waals surface area contributed by atoms with E-state index in [1.807, 2.05) is 0 Å². The molecule has 0 saturated heterocycles. The van der Waals surface area contributed by atoms with Gasteiger partial charge in [0.15, 0.2) is 5.15 Å². The fourth-order valence-electron chi connectivity index (χ4n) is 1.14. The lowest BCUT2D eigenvalue weighted by Crippen LogP contribution is -2.02. The van der Waals surface area contributed by atoms with Crippen molar-refractivity contribution in [2.24, 2.45) is 0 Å². The molecular formula is C9H5Cl2N3O2. The maximum atomic E-state index is 10.7. The summed E-state index contributed by atoms with van der Waals surface area (Å²) in [5, 5.41) is 16.6. The third-order valence-corrected chi connectivity index (χ3v) is 2.30. The fourth-order valence-corrected chi connectivity index (χ4v) is 1.51. The highest BCUT2D eigenvalue weighted by molar-refractivity contribution is 6.32. The molecule has 5 nitrogen and oxygen atoms in total. The normalized spacial score (nSPS) is 10.4. The van der Waals surface area contributed by atoms with Crippen LogP contribution in [0.2, 0.25) is 10.2 Å². The van der Waals surface area contributed by atoms with Crippen molar-refractivity contribution in [1.82, 2.24) is 15.0 Å². The minimum atomic E-state index is -1.22. The molecule has 0 spiro atoms.